The van der Waals surface area contributed by atoms with E-state index in [0.29, 0.717) is 18.2 Å². The van der Waals surface area contributed by atoms with E-state index in [1.165, 1.54) is 12.8 Å². The van der Waals surface area contributed by atoms with Crippen LogP contribution < -0.4 is 11.1 Å². The van der Waals surface area contributed by atoms with Crippen molar-refractivity contribution in [2.24, 2.45) is 11.7 Å². The van der Waals surface area contributed by atoms with E-state index < -0.39 is 0 Å². The molecule has 0 radical (unpaired) electrons. The second-order valence-corrected chi connectivity index (χ2v) is 6.04. The fourth-order valence-corrected chi connectivity index (χ4v) is 2.89. The number of fused-ring (bicyclic) bond motifs is 1. The number of nitrogens with two attached hydrogens (primary N) is 1. The molecule has 0 saturated heterocycles. The van der Waals surface area contributed by atoms with Crippen LogP contribution in [-0.2, 0) is 13.0 Å². The Bertz CT molecular complexity index is 468. The summed E-state index contributed by atoms with van der Waals surface area (Å²) in [6.45, 7) is 3.50. The standard InChI is InChI=1S/C14H22N4O/c1-14(9-15,10-5-6-10)17-13(19)11-8-18-7-3-2-4-12(18)16-11/h8,10H,2-7,9,15H2,1H3,(H,17,19). The van der Waals surface area contributed by atoms with Crippen molar-refractivity contribution in [3.63, 3.8) is 0 Å². The van der Waals surface area contributed by atoms with E-state index in [-0.39, 0.29) is 11.4 Å². The summed E-state index contributed by atoms with van der Waals surface area (Å²) in [6, 6.07) is 0. The molecule has 2 heterocycles. The fraction of sp³-hybridized carbons (Fsp3) is 0.714. The zero-order valence-electron chi connectivity index (χ0n) is 11.5. The highest BCUT2D eigenvalue weighted by atomic mass is 16.2. The summed E-state index contributed by atoms with van der Waals surface area (Å²) < 4.78 is 2.11. The summed E-state index contributed by atoms with van der Waals surface area (Å²) in [7, 11) is 0. The number of nitrogens with zero attached hydrogens (tertiary/aromatic N) is 2. The van der Waals surface area contributed by atoms with E-state index in [4.69, 9.17) is 5.73 Å². The van der Waals surface area contributed by atoms with Crippen molar-refractivity contribution in [1.82, 2.24) is 14.9 Å². The molecule has 1 aliphatic heterocycles. The summed E-state index contributed by atoms with van der Waals surface area (Å²) in [4.78, 5) is 16.8. The molecule has 1 fully saturated rings. The lowest BCUT2D eigenvalue weighted by molar-refractivity contribution is 0.0893. The average Bonchev–Trinajstić information content (AvgIpc) is 3.18. The van der Waals surface area contributed by atoms with Crippen molar-refractivity contribution in [2.45, 2.75) is 51.1 Å². The smallest absolute Gasteiger partial charge is 0.271 e. The molecule has 1 unspecified atom stereocenters. The van der Waals surface area contributed by atoms with Crippen LogP contribution in [0.3, 0.4) is 0 Å². The summed E-state index contributed by atoms with van der Waals surface area (Å²) in [5.41, 5.74) is 6.09. The number of aryl methyl sites for hydroxylation is 2. The first-order valence-electron chi connectivity index (χ1n) is 7.21. The zero-order valence-corrected chi connectivity index (χ0v) is 11.5. The van der Waals surface area contributed by atoms with Gasteiger partial charge in [-0.25, -0.2) is 4.98 Å². The zero-order chi connectivity index (χ0) is 13.5. The maximum absolute atomic E-state index is 12.3. The molecule has 1 atom stereocenters. The number of amides is 1. The van der Waals surface area contributed by atoms with Crippen molar-refractivity contribution >= 4 is 5.91 Å². The number of imidazole rings is 1. The Kier molecular flexibility index (Phi) is 3.09. The van der Waals surface area contributed by atoms with Gasteiger partial charge in [-0.2, -0.15) is 0 Å². The van der Waals surface area contributed by atoms with Crippen molar-refractivity contribution < 1.29 is 4.79 Å². The molecule has 0 aromatic carbocycles. The Morgan fingerprint density at radius 2 is 2.37 bits per heavy atom. The molecule has 3 rings (SSSR count). The van der Waals surface area contributed by atoms with Gasteiger partial charge in [-0.05, 0) is 38.5 Å². The number of carbonyl (C=O) groups excluding carboxylic acids is 1. The van der Waals surface area contributed by atoms with Crippen LogP contribution in [0, 0.1) is 5.92 Å². The van der Waals surface area contributed by atoms with E-state index in [2.05, 4.69) is 14.9 Å². The molecule has 1 aromatic heterocycles. The van der Waals surface area contributed by atoms with Gasteiger partial charge in [0.2, 0.25) is 0 Å². The number of hydrogen-bond donors (Lipinski definition) is 2. The average molecular weight is 262 g/mol. The highest BCUT2D eigenvalue weighted by Gasteiger charge is 2.42. The predicted molar refractivity (Wildman–Crippen MR) is 72.8 cm³/mol. The normalized spacial score (nSPS) is 21.6. The summed E-state index contributed by atoms with van der Waals surface area (Å²) in [5, 5.41) is 3.09. The van der Waals surface area contributed by atoms with Gasteiger partial charge in [0.1, 0.15) is 11.5 Å². The number of carbonyl (C=O) groups is 1. The lowest BCUT2D eigenvalue weighted by atomic mass is 9.96. The van der Waals surface area contributed by atoms with Crippen molar-refractivity contribution in [2.75, 3.05) is 6.54 Å². The van der Waals surface area contributed by atoms with Gasteiger partial charge in [0.15, 0.2) is 0 Å². The molecule has 19 heavy (non-hydrogen) atoms. The van der Waals surface area contributed by atoms with Gasteiger partial charge in [0.05, 0.1) is 5.54 Å². The quantitative estimate of drug-likeness (QED) is 0.852. The Labute approximate surface area is 113 Å². The highest BCUT2D eigenvalue weighted by molar-refractivity contribution is 5.92. The molecule has 104 valence electrons. The SMILES string of the molecule is CC(CN)(NC(=O)c1cn2c(n1)CCCC2)C1CC1. The van der Waals surface area contributed by atoms with Crippen LogP contribution in [-0.4, -0.2) is 27.5 Å². The Hall–Kier alpha value is -1.36. The molecule has 5 heteroatoms. The van der Waals surface area contributed by atoms with Crippen molar-refractivity contribution in [1.29, 1.82) is 0 Å². The van der Waals surface area contributed by atoms with E-state index in [9.17, 15) is 4.79 Å². The molecule has 1 aromatic rings. The van der Waals surface area contributed by atoms with Gasteiger partial charge in [-0.3, -0.25) is 4.79 Å². The minimum absolute atomic E-state index is 0.0817. The number of aromatic nitrogens is 2. The van der Waals surface area contributed by atoms with Crippen molar-refractivity contribution in [3.8, 4) is 0 Å². The fourth-order valence-electron chi connectivity index (χ4n) is 2.89. The molecular formula is C14H22N4O. The molecule has 0 spiro atoms. The first-order chi connectivity index (χ1) is 9.12. The molecule has 2 aliphatic rings. The second-order valence-electron chi connectivity index (χ2n) is 6.04. The second kappa shape index (κ2) is 4.63. The topological polar surface area (TPSA) is 72.9 Å². The Morgan fingerprint density at radius 1 is 1.58 bits per heavy atom. The largest absolute Gasteiger partial charge is 0.344 e. The Morgan fingerprint density at radius 3 is 3.00 bits per heavy atom. The van der Waals surface area contributed by atoms with Gasteiger partial charge in [0, 0.05) is 25.7 Å². The minimum atomic E-state index is -0.277. The van der Waals surface area contributed by atoms with Crippen LogP contribution in [0.2, 0.25) is 0 Å². The van der Waals surface area contributed by atoms with Crippen LogP contribution in [0.1, 0.15) is 48.9 Å². The van der Waals surface area contributed by atoms with Crippen molar-refractivity contribution in [3.05, 3.63) is 17.7 Å². The van der Waals surface area contributed by atoms with E-state index in [1.807, 2.05) is 13.1 Å². The lowest BCUT2D eigenvalue weighted by Gasteiger charge is -2.29. The monoisotopic (exact) mass is 262 g/mol. The third kappa shape index (κ3) is 2.39. The third-order valence-electron chi connectivity index (χ3n) is 4.44. The van der Waals surface area contributed by atoms with Gasteiger partial charge >= 0.3 is 0 Å². The van der Waals surface area contributed by atoms with E-state index in [1.54, 1.807) is 0 Å². The van der Waals surface area contributed by atoms with Gasteiger partial charge < -0.3 is 15.6 Å². The summed E-state index contributed by atoms with van der Waals surface area (Å²) in [6.07, 6.45) is 7.52. The summed E-state index contributed by atoms with van der Waals surface area (Å²) in [5.74, 6) is 1.48. The summed E-state index contributed by atoms with van der Waals surface area (Å²) >= 11 is 0. The third-order valence-corrected chi connectivity index (χ3v) is 4.44. The molecule has 5 nitrogen and oxygen atoms in total. The number of nitrogens with one attached hydrogen (secondary N) is 1. The van der Waals surface area contributed by atoms with Crippen LogP contribution in [0.4, 0.5) is 0 Å². The van der Waals surface area contributed by atoms with E-state index >= 15 is 0 Å². The molecule has 1 aliphatic carbocycles. The maximum Gasteiger partial charge on any atom is 0.271 e. The van der Waals surface area contributed by atoms with Crippen LogP contribution in [0.15, 0.2) is 6.20 Å². The predicted octanol–water partition coefficient (Wildman–Crippen LogP) is 1.08. The molecule has 0 bridgehead atoms. The van der Waals surface area contributed by atoms with Gasteiger partial charge in [-0.1, -0.05) is 0 Å². The molecule has 3 N–H and O–H groups in total. The maximum atomic E-state index is 12.3. The highest BCUT2D eigenvalue weighted by Crippen LogP contribution is 2.39. The van der Waals surface area contributed by atoms with Crippen LogP contribution in [0.25, 0.3) is 0 Å². The number of hydrogen-bond acceptors (Lipinski definition) is 3. The molecule has 1 amide bonds. The first kappa shape index (κ1) is 12.7. The van der Waals surface area contributed by atoms with E-state index in [0.717, 1.165) is 31.6 Å². The van der Waals surface area contributed by atoms with Gasteiger partial charge in [-0.15, -0.1) is 0 Å². The molecule has 1 saturated carbocycles. The Balaban J connectivity index is 1.74. The lowest BCUT2D eigenvalue weighted by Crippen LogP contribution is -2.53. The minimum Gasteiger partial charge on any atom is -0.344 e. The van der Waals surface area contributed by atoms with Gasteiger partial charge in [0.25, 0.3) is 5.91 Å². The van der Waals surface area contributed by atoms with Crippen LogP contribution in [0.5, 0.6) is 0 Å². The molecular weight excluding hydrogens is 240 g/mol. The van der Waals surface area contributed by atoms with Crippen LogP contribution >= 0.6 is 0 Å². The first-order valence-corrected chi connectivity index (χ1v) is 7.21. The number of rotatable bonds is 4.